The number of rotatable bonds is 8. The Labute approximate surface area is 178 Å². The van der Waals surface area contributed by atoms with Gasteiger partial charge in [-0.2, -0.15) is 4.31 Å². The number of benzene rings is 2. The van der Waals surface area contributed by atoms with Crippen molar-refractivity contribution in [2.24, 2.45) is 0 Å². The molecule has 0 saturated carbocycles. The summed E-state index contributed by atoms with van der Waals surface area (Å²) in [4.78, 5) is 12.9. The third-order valence-corrected chi connectivity index (χ3v) is 7.22. The van der Waals surface area contributed by atoms with E-state index in [0.29, 0.717) is 35.6 Å². The zero-order valence-corrected chi connectivity index (χ0v) is 19.3. The molecule has 0 aliphatic carbocycles. The molecule has 10 heteroatoms. The van der Waals surface area contributed by atoms with E-state index >= 15 is 0 Å². The minimum absolute atomic E-state index is 0.0466. The highest BCUT2D eigenvalue weighted by Gasteiger charge is 2.23. The fraction of sp³-hybridized carbons (Fsp3) is 0.350. The van der Waals surface area contributed by atoms with Gasteiger partial charge in [-0.25, -0.2) is 16.8 Å². The molecule has 0 spiro atoms. The van der Waals surface area contributed by atoms with Gasteiger partial charge in [0.25, 0.3) is 5.91 Å². The standard InChI is InChI=1S/C20H27N3O5S2/c1-6-23(7-2)30(27,28)17-11-9-14(3)18(13-17)20(24)21-16-10-8-15(4)19(12-16)22-29(5,25)26/h8-13,22H,6-7H2,1-5H3,(H,21,24). The highest BCUT2D eigenvalue weighted by Crippen LogP contribution is 2.24. The van der Waals surface area contributed by atoms with Crippen LogP contribution in [-0.2, 0) is 20.0 Å². The van der Waals surface area contributed by atoms with E-state index < -0.39 is 26.0 Å². The Morgan fingerprint density at radius 1 is 0.933 bits per heavy atom. The number of carbonyl (C=O) groups is 1. The number of nitrogens with one attached hydrogen (secondary N) is 2. The molecule has 8 nitrogen and oxygen atoms in total. The van der Waals surface area contributed by atoms with E-state index in [9.17, 15) is 21.6 Å². The summed E-state index contributed by atoms with van der Waals surface area (Å²) < 4.78 is 52.4. The van der Waals surface area contributed by atoms with Gasteiger partial charge in [0.05, 0.1) is 16.8 Å². The Hall–Kier alpha value is -2.43. The van der Waals surface area contributed by atoms with Crippen molar-refractivity contribution in [3.05, 3.63) is 53.1 Å². The van der Waals surface area contributed by atoms with Gasteiger partial charge in [0.1, 0.15) is 0 Å². The summed E-state index contributed by atoms with van der Waals surface area (Å²) in [5.41, 5.74) is 2.27. The molecule has 0 bridgehead atoms. The van der Waals surface area contributed by atoms with Crippen molar-refractivity contribution >= 4 is 37.3 Å². The van der Waals surface area contributed by atoms with Gasteiger partial charge in [0, 0.05) is 24.3 Å². The fourth-order valence-electron chi connectivity index (χ4n) is 2.93. The normalized spacial score (nSPS) is 12.1. The number of anilines is 2. The molecule has 0 aliphatic rings. The van der Waals surface area contributed by atoms with Crippen molar-refractivity contribution in [2.75, 3.05) is 29.4 Å². The highest BCUT2D eigenvalue weighted by molar-refractivity contribution is 7.92. The Morgan fingerprint density at radius 2 is 1.53 bits per heavy atom. The van der Waals surface area contributed by atoms with E-state index in [4.69, 9.17) is 0 Å². The van der Waals surface area contributed by atoms with E-state index in [1.807, 2.05) is 0 Å². The first kappa shape index (κ1) is 23.8. The number of amides is 1. The van der Waals surface area contributed by atoms with Gasteiger partial charge in [0.15, 0.2) is 0 Å². The number of sulfonamides is 2. The van der Waals surface area contributed by atoms with Crippen LogP contribution in [-0.4, -0.2) is 46.4 Å². The number of nitrogens with zero attached hydrogens (tertiary/aromatic N) is 1. The monoisotopic (exact) mass is 453 g/mol. The molecule has 164 valence electrons. The summed E-state index contributed by atoms with van der Waals surface area (Å²) >= 11 is 0. The van der Waals surface area contributed by atoms with Crippen LogP contribution >= 0.6 is 0 Å². The second-order valence-electron chi connectivity index (χ2n) is 6.92. The maximum Gasteiger partial charge on any atom is 0.255 e. The van der Waals surface area contributed by atoms with Crippen LogP contribution in [0.4, 0.5) is 11.4 Å². The van der Waals surface area contributed by atoms with Crippen LogP contribution in [0, 0.1) is 13.8 Å². The maximum absolute atomic E-state index is 12.8. The lowest BCUT2D eigenvalue weighted by molar-refractivity contribution is 0.102. The van der Waals surface area contributed by atoms with Crippen LogP contribution in [0.15, 0.2) is 41.3 Å². The molecular weight excluding hydrogens is 426 g/mol. The van der Waals surface area contributed by atoms with Gasteiger partial charge in [-0.1, -0.05) is 26.0 Å². The van der Waals surface area contributed by atoms with E-state index in [0.717, 1.165) is 6.26 Å². The van der Waals surface area contributed by atoms with Gasteiger partial charge >= 0.3 is 0 Å². The Kier molecular flexibility index (Phi) is 7.27. The van der Waals surface area contributed by atoms with E-state index in [1.54, 1.807) is 45.9 Å². The minimum atomic E-state index is -3.70. The molecular formula is C20H27N3O5S2. The summed E-state index contributed by atoms with van der Waals surface area (Å²) in [5.74, 6) is -0.488. The molecule has 0 fully saturated rings. The first-order chi connectivity index (χ1) is 13.9. The van der Waals surface area contributed by atoms with Crippen molar-refractivity contribution in [1.82, 2.24) is 4.31 Å². The van der Waals surface area contributed by atoms with Crippen LogP contribution in [0.5, 0.6) is 0 Å². The molecule has 0 radical (unpaired) electrons. The first-order valence-electron chi connectivity index (χ1n) is 9.39. The molecule has 30 heavy (non-hydrogen) atoms. The summed E-state index contributed by atoms with van der Waals surface area (Å²) in [6, 6.07) is 9.28. The Balaban J connectivity index is 2.38. The van der Waals surface area contributed by atoms with Gasteiger partial charge in [-0.05, 0) is 49.2 Å². The second-order valence-corrected chi connectivity index (χ2v) is 10.6. The van der Waals surface area contributed by atoms with Crippen LogP contribution in [0.1, 0.15) is 35.3 Å². The summed E-state index contributed by atoms with van der Waals surface area (Å²) in [6.07, 6.45) is 1.04. The lowest BCUT2D eigenvalue weighted by atomic mass is 10.1. The van der Waals surface area contributed by atoms with E-state index in [2.05, 4.69) is 10.0 Å². The molecule has 2 aromatic rings. The molecule has 1 amide bonds. The third-order valence-electron chi connectivity index (χ3n) is 4.59. The van der Waals surface area contributed by atoms with Gasteiger partial charge in [-0.15, -0.1) is 0 Å². The summed E-state index contributed by atoms with van der Waals surface area (Å²) in [6.45, 7) is 7.62. The summed E-state index contributed by atoms with van der Waals surface area (Å²) in [5, 5.41) is 2.71. The number of hydrogen-bond donors (Lipinski definition) is 2. The van der Waals surface area contributed by atoms with Crippen LogP contribution < -0.4 is 10.0 Å². The molecule has 0 saturated heterocycles. The van der Waals surface area contributed by atoms with Crippen molar-refractivity contribution in [1.29, 1.82) is 0 Å². The molecule has 0 heterocycles. The van der Waals surface area contributed by atoms with Crippen LogP contribution in [0.2, 0.25) is 0 Å². The quantitative estimate of drug-likeness (QED) is 0.638. The largest absolute Gasteiger partial charge is 0.322 e. The molecule has 0 unspecified atom stereocenters. The molecule has 2 N–H and O–H groups in total. The molecule has 2 aromatic carbocycles. The Morgan fingerprint density at radius 3 is 2.10 bits per heavy atom. The number of hydrogen-bond acceptors (Lipinski definition) is 5. The molecule has 0 aliphatic heterocycles. The lowest BCUT2D eigenvalue weighted by Gasteiger charge is -2.19. The SMILES string of the molecule is CCN(CC)S(=O)(=O)c1ccc(C)c(C(=O)Nc2ccc(C)c(NS(C)(=O)=O)c2)c1. The van der Waals surface area contributed by atoms with Crippen molar-refractivity contribution in [3.63, 3.8) is 0 Å². The van der Waals surface area contributed by atoms with Crippen LogP contribution in [0.3, 0.4) is 0 Å². The topological polar surface area (TPSA) is 113 Å². The average molecular weight is 454 g/mol. The van der Waals surface area contributed by atoms with E-state index in [-0.39, 0.29) is 10.5 Å². The molecule has 0 atom stereocenters. The molecule has 0 aromatic heterocycles. The fourth-order valence-corrected chi connectivity index (χ4v) is 5.03. The zero-order chi connectivity index (χ0) is 22.7. The van der Waals surface area contributed by atoms with E-state index in [1.165, 1.54) is 22.5 Å². The Bertz CT molecular complexity index is 1150. The smallest absolute Gasteiger partial charge is 0.255 e. The van der Waals surface area contributed by atoms with Crippen molar-refractivity contribution in [3.8, 4) is 0 Å². The minimum Gasteiger partial charge on any atom is -0.322 e. The van der Waals surface area contributed by atoms with Crippen LogP contribution in [0.25, 0.3) is 0 Å². The molecule has 2 rings (SSSR count). The van der Waals surface area contributed by atoms with Gasteiger partial charge < -0.3 is 5.32 Å². The van der Waals surface area contributed by atoms with Crippen molar-refractivity contribution in [2.45, 2.75) is 32.6 Å². The first-order valence-corrected chi connectivity index (χ1v) is 12.7. The lowest BCUT2D eigenvalue weighted by Crippen LogP contribution is -2.30. The predicted molar refractivity (Wildman–Crippen MR) is 119 cm³/mol. The average Bonchev–Trinajstić information content (AvgIpc) is 2.64. The highest BCUT2D eigenvalue weighted by atomic mass is 32.2. The third kappa shape index (κ3) is 5.59. The zero-order valence-electron chi connectivity index (χ0n) is 17.7. The number of aryl methyl sites for hydroxylation is 2. The maximum atomic E-state index is 12.8. The summed E-state index contributed by atoms with van der Waals surface area (Å²) in [7, 11) is -7.18. The predicted octanol–water partition coefficient (Wildman–Crippen LogP) is 2.96. The number of carbonyl (C=O) groups excluding carboxylic acids is 1. The van der Waals surface area contributed by atoms with Crippen molar-refractivity contribution < 1.29 is 21.6 Å². The van der Waals surface area contributed by atoms with Gasteiger partial charge in [-0.3, -0.25) is 9.52 Å². The van der Waals surface area contributed by atoms with Gasteiger partial charge in [0.2, 0.25) is 20.0 Å². The second kappa shape index (κ2) is 9.15.